The van der Waals surface area contributed by atoms with Gasteiger partial charge in [-0.25, -0.2) is 9.97 Å². The number of anilines is 1. The van der Waals surface area contributed by atoms with E-state index in [4.69, 9.17) is 0 Å². The van der Waals surface area contributed by atoms with Crippen LogP contribution in [0.3, 0.4) is 0 Å². The Balaban J connectivity index is 1.43. The molecule has 1 aliphatic rings. The van der Waals surface area contributed by atoms with Gasteiger partial charge < -0.3 is 15.2 Å². The Bertz CT molecular complexity index is 940. The second kappa shape index (κ2) is 6.78. The van der Waals surface area contributed by atoms with Gasteiger partial charge in [0.05, 0.1) is 5.39 Å². The number of aryl methyl sites for hydroxylation is 2. The molecular weight excluding hydrogens is 326 g/mol. The lowest BCUT2D eigenvalue weighted by molar-refractivity contribution is 0.0930. The summed E-state index contributed by atoms with van der Waals surface area (Å²) in [6, 6.07) is 7.91. The van der Waals surface area contributed by atoms with Crippen LogP contribution in [0.25, 0.3) is 11.0 Å². The normalized spacial score (nSPS) is 15.4. The van der Waals surface area contributed by atoms with Crippen molar-refractivity contribution < 1.29 is 4.79 Å². The number of nitrogens with one attached hydrogen (secondary N) is 2. The van der Waals surface area contributed by atoms with Gasteiger partial charge in [0.15, 0.2) is 0 Å². The predicted octanol–water partition coefficient (Wildman–Crippen LogP) is 2.97. The Hall–Kier alpha value is -2.89. The van der Waals surface area contributed by atoms with E-state index >= 15 is 0 Å². The summed E-state index contributed by atoms with van der Waals surface area (Å²) in [6.45, 7) is 5.78. The first-order valence-electron chi connectivity index (χ1n) is 9.03. The second-order valence-electron chi connectivity index (χ2n) is 6.94. The van der Waals surface area contributed by atoms with Crippen molar-refractivity contribution >= 4 is 22.8 Å². The molecule has 134 valence electrons. The number of hydrogen-bond donors (Lipinski definition) is 2. The number of carbonyl (C=O) groups excluding carboxylic acids is 1. The predicted molar refractivity (Wildman–Crippen MR) is 103 cm³/mol. The fourth-order valence-corrected chi connectivity index (χ4v) is 3.66. The molecule has 1 aromatic carbocycles. The first kappa shape index (κ1) is 16.6. The summed E-state index contributed by atoms with van der Waals surface area (Å²) >= 11 is 0. The number of aromatic nitrogens is 3. The highest BCUT2D eigenvalue weighted by atomic mass is 16.1. The van der Waals surface area contributed by atoms with E-state index in [2.05, 4.69) is 32.1 Å². The average Bonchev–Trinajstić information content (AvgIpc) is 3.04. The van der Waals surface area contributed by atoms with Gasteiger partial charge in [0.2, 0.25) is 0 Å². The van der Waals surface area contributed by atoms with Gasteiger partial charge in [0.1, 0.15) is 17.8 Å². The van der Waals surface area contributed by atoms with Gasteiger partial charge in [0.25, 0.3) is 5.91 Å². The third-order valence-electron chi connectivity index (χ3n) is 5.17. The van der Waals surface area contributed by atoms with Crippen LogP contribution in [-0.2, 0) is 0 Å². The van der Waals surface area contributed by atoms with E-state index in [0.29, 0.717) is 0 Å². The van der Waals surface area contributed by atoms with Crippen molar-refractivity contribution in [3.8, 4) is 0 Å². The lowest BCUT2D eigenvalue weighted by Gasteiger charge is -2.33. The summed E-state index contributed by atoms with van der Waals surface area (Å²) in [6.07, 6.45) is 5.40. The molecule has 0 radical (unpaired) electrons. The Morgan fingerprint density at radius 3 is 2.69 bits per heavy atom. The molecule has 3 aromatic rings. The minimum atomic E-state index is 0.0208. The molecule has 4 rings (SSSR count). The maximum absolute atomic E-state index is 12.5. The van der Waals surface area contributed by atoms with Crippen LogP contribution in [0, 0.1) is 13.8 Å². The number of rotatable bonds is 3. The molecular formula is C20H23N5O. The first-order valence-corrected chi connectivity index (χ1v) is 9.03. The van der Waals surface area contributed by atoms with E-state index in [1.165, 1.54) is 0 Å². The summed E-state index contributed by atoms with van der Waals surface area (Å²) < 4.78 is 0. The number of carbonyl (C=O) groups is 1. The highest BCUT2D eigenvalue weighted by Crippen LogP contribution is 2.28. The van der Waals surface area contributed by atoms with Crippen molar-refractivity contribution in [1.82, 2.24) is 20.3 Å². The van der Waals surface area contributed by atoms with Crippen molar-refractivity contribution in [2.45, 2.75) is 32.7 Å². The van der Waals surface area contributed by atoms with E-state index < -0.39 is 0 Å². The van der Waals surface area contributed by atoms with Crippen molar-refractivity contribution in [3.63, 3.8) is 0 Å². The highest BCUT2D eigenvalue weighted by Gasteiger charge is 2.24. The number of benzene rings is 1. The summed E-state index contributed by atoms with van der Waals surface area (Å²) in [5.41, 5.74) is 3.80. The molecule has 0 spiro atoms. The molecule has 0 atom stereocenters. The number of nitrogens with zero attached hydrogens (tertiary/aromatic N) is 3. The van der Waals surface area contributed by atoms with Gasteiger partial charge in [-0.15, -0.1) is 0 Å². The topological polar surface area (TPSA) is 73.9 Å². The van der Waals surface area contributed by atoms with Crippen LogP contribution in [0.15, 0.2) is 36.8 Å². The minimum Gasteiger partial charge on any atom is -0.356 e. The Labute approximate surface area is 152 Å². The zero-order valence-electron chi connectivity index (χ0n) is 15.1. The number of fused-ring (bicyclic) bond motifs is 1. The van der Waals surface area contributed by atoms with Crippen LogP contribution in [0.2, 0.25) is 0 Å². The van der Waals surface area contributed by atoms with Crippen LogP contribution in [0.4, 0.5) is 5.82 Å². The summed E-state index contributed by atoms with van der Waals surface area (Å²) in [5, 5.41) is 4.28. The first-order chi connectivity index (χ1) is 12.6. The molecule has 0 aliphatic carbocycles. The Morgan fingerprint density at radius 2 is 1.92 bits per heavy atom. The van der Waals surface area contributed by atoms with Gasteiger partial charge in [-0.05, 0) is 43.9 Å². The number of H-pyrrole nitrogens is 1. The maximum Gasteiger partial charge on any atom is 0.251 e. The monoisotopic (exact) mass is 349 g/mol. The van der Waals surface area contributed by atoms with E-state index in [-0.39, 0.29) is 11.9 Å². The number of aromatic amines is 1. The maximum atomic E-state index is 12.5. The number of piperidine rings is 1. The van der Waals surface area contributed by atoms with Gasteiger partial charge in [-0.3, -0.25) is 4.79 Å². The van der Waals surface area contributed by atoms with Crippen LogP contribution in [0.5, 0.6) is 0 Å². The molecule has 1 aliphatic heterocycles. The molecule has 1 fully saturated rings. The second-order valence-corrected chi connectivity index (χ2v) is 6.94. The number of amides is 1. The zero-order chi connectivity index (χ0) is 18.1. The molecule has 6 heteroatoms. The molecule has 6 nitrogen and oxygen atoms in total. The molecule has 0 unspecified atom stereocenters. The third-order valence-corrected chi connectivity index (χ3v) is 5.17. The van der Waals surface area contributed by atoms with Gasteiger partial charge >= 0.3 is 0 Å². The number of hydrogen-bond acceptors (Lipinski definition) is 4. The lowest BCUT2D eigenvalue weighted by Crippen LogP contribution is -2.45. The summed E-state index contributed by atoms with van der Waals surface area (Å²) in [7, 11) is 0. The largest absolute Gasteiger partial charge is 0.356 e. The molecule has 3 heterocycles. The quantitative estimate of drug-likeness (QED) is 0.762. The van der Waals surface area contributed by atoms with Gasteiger partial charge in [-0.2, -0.15) is 0 Å². The molecule has 2 aromatic heterocycles. The third kappa shape index (κ3) is 3.03. The van der Waals surface area contributed by atoms with Crippen molar-refractivity contribution in [2.24, 2.45) is 0 Å². The van der Waals surface area contributed by atoms with E-state index in [1.807, 2.05) is 37.4 Å². The smallest absolute Gasteiger partial charge is 0.251 e. The molecule has 2 N–H and O–H groups in total. The van der Waals surface area contributed by atoms with E-state index in [9.17, 15) is 4.79 Å². The fraction of sp³-hybridized carbons (Fsp3) is 0.350. The van der Waals surface area contributed by atoms with Gasteiger partial charge in [-0.1, -0.05) is 18.2 Å². The summed E-state index contributed by atoms with van der Waals surface area (Å²) in [4.78, 5) is 26.8. The molecule has 1 saturated heterocycles. The standard InChI is InChI=1S/C20H23N5O/c1-13-5-3-4-6-16(13)20(26)24-15-7-9-25(10-8-15)19-17-14(2)11-21-18(17)22-12-23-19/h3-6,11-12,15H,7-10H2,1-2H3,(H,24,26)(H,21,22,23). The minimum absolute atomic E-state index is 0.0208. The Morgan fingerprint density at radius 1 is 1.15 bits per heavy atom. The summed E-state index contributed by atoms with van der Waals surface area (Å²) in [5.74, 6) is 1.00. The molecule has 1 amide bonds. The zero-order valence-corrected chi connectivity index (χ0v) is 15.1. The molecule has 0 saturated carbocycles. The van der Waals surface area contributed by atoms with E-state index in [0.717, 1.165) is 59.5 Å². The Kier molecular flexibility index (Phi) is 4.32. The van der Waals surface area contributed by atoms with Crippen LogP contribution >= 0.6 is 0 Å². The van der Waals surface area contributed by atoms with Crippen molar-refractivity contribution in [2.75, 3.05) is 18.0 Å². The molecule has 26 heavy (non-hydrogen) atoms. The average molecular weight is 349 g/mol. The van der Waals surface area contributed by atoms with Crippen molar-refractivity contribution in [1.29, 1.82) is 0 Å². The van der Waals surface area contributed by atoms with Crippen molar-refractivity contribution in [3.05, 3.63) is 53.5 Å². The van der Waals surface area contributed by atoms with Crippen LogP contribution in [0.1, 0.15) is 34.3 Å². The van der Waals surface area contributed by atoms with Gasteiger partial charge in [0, 0.05) is 30.9 Å². The van der Waals surface area contributed by atoms with E-state index in [1.54, 1.807) is 6.33 Å². The van der Waals surface area contributed by atoms with Crippen LogP contribution < -0.4 is 10.2 Å². The van der Waals surface area contributed by atoms with Crippen LogP contribution in [-0.4, -0.2) is 40.0 Å². The fourth-order valence-electron chi connectivity index (χ4n) is 3.66. The lowest BCUT2D eigenvalue weighted by atomic mass is 10.0. The molecule has 0 bridgehead atoms. The highest BCUT2D eigenvalue weighted by molar-refractivity contribution is 5.95. The SMILES string of the molecule is Cc1ccccc1C(=O)NC1CCN(c2ncnc3[nH]cc(C)c23)CC1.